The maximum atomic E-state index is 11.8. The predicted octanol–water partition coefficient (Wildman–Crippen LogP) is 1.42. The SMILES string of the molecule is CNCc1nn(-c2ccccc2Br)c(=O)cc1O. The van der Waals surface area contributed by atoms with Crippen molar-refractivity contribution in [2.24, 2.45) is 0 Å². The van der Waals surface area contributed by atoms with Crippen molar-refractivity contribution >= 4 is 15.9 Å². The average Bonchev–Trinajstić information content (AvgIpc) is 2.34. The topological polar surface area (TPSA) is 67.2 Å². The number of benzene rings is 1. The second-order valence-electron chi connectivity index (χ2n) is 3.71. The first-order chi connectivity index (χ1) is 8.63. The van der Waals surface area contributed by atoms with E-state index >= 15 is 0 Å². The van der Waals surface area contributed by atoms with Crippen LogP contribution < -0.4 is 10.9 Å². The lowest BCUT2D eigenvalue weighted by Gasteiger charge is -2.09. The van der Waals surface area contributed by atoms with Crippen LogP contribution in [0.25, 0.3) is 5.69 Å². The highest BCUT2D eigenvalue weighted by Gasteiger charge is 2.10. The van der Waals surface area contributed by atoms with Gasteiger partial charge in [-0.3, -0.25) is 4.79 Å². The van der Waals surface area contributed by atoms with E-state index < -0.39 is 0 Å². The Morgan fingerprint density at radius 1 is 1.44 bits per heavy atom. The van der Waals surface area contributed by atoms with Gasteiger partial charge in [0.2, 0.25) is 0 Å². The Balaban J connectivity index is 2.61. The monoisotopic (exact) mass is 309 g/mol. The molecule has 2 rings (SSSR count). The zero-order chi connectivity index (χ0) is 13.1. The molecule has 0 radical (unpaired) electrons. The maximum Gasteiger partial charge on any atom is 0.275 e. The fourth-order valence-electron chi connectivity index (χ4n) is 1.57. The predicted molar refractivity (Wildman–Crippen MR) is 72.0 cm³/mol. The quantitative estimate of drug-likeness (QED) is 0.900. The number of hydrogen-bond acceptors (Lipinski definition) is 4. The van der Waals surface area contributed by atoms with Crippen molar-refractivity contribution in [2.75, 3.05) is 7.05 Å². The Bertz CT molecular complexity index is 625. The van der Waals surface area contributed by atoms with Gasteiger partial charge in [-0.1, -0.05) is 12.1 Å². The summed E-state index contributed by atoms with van der Waals surface area (Å²) < 4.78 is 2.02. The summed E-state index contributed by atoms with van der Waals surface area (Å²) in [6.07, 6.45) is 0. The van der Waals surface area contributed by atoms with Crippen LogP contribution in [0, 0.1) is 0 Å². The van der Waals surface area contributed by atoms with Gasteiger partial charge >= 0.3 is 0 Å². The minimum Gasteiger partial charge on any atom is -0.506 e. The van der Waals surface area contributed by atoms with Gasteiger partial charge in [0.15, 0.2) is 0 Å². The molecule has 0 amide bonds. The summed E-state index contributed by atoms with van der Waals surface area (Å²) in [5.74, 6) is -0.0994. The summed E-state index contributed by atoms with van der Waals surface area (Å²) >= 11 is 3.37. The normalized spacial score (nSPS) is 10.6. The Labute approximate surface area is 112 Å². The first-order valence-corrected chi connectivity index (χ1v) is 6.14. The summed E-state index contributed by atoms with van der Waals surface area (Å²) in [4.78, 5) is 11.8. The van der Waals surface area contributed by atoms with E-state index in [4.69, 9.17) is 0 Å². The molecule has 0 bridgehead atoms. The van der Waals surface area contributed by atoms with Crippen molar-refractivity contribution in [3.8, 4) is 11.4 Å². The van der Waals surface area contributed by atoms with Gasteiger partial charge in [0.1, 0.15) is 11.4 Å². The molecule has 0 fully saturated rings. The van der Waals surface area contributed by atoms with Crippen molar-refractivity contribution in [2.45, 2.75) is 6.54 Å². The number of nitrogens with one attached hydrogen (secondary N) is 1. The molecule has 2 aromatic rings. The fraction of sp³-hybridized carbons (Fsp3) is 0.167. The lowest BCUT2D eigenvalue weighted by Crippen LogP contribution is -2.23. The molecule has 0 aliphatic heterocycles. The minimum absolute atomic E-state index is 0.0994. The summed E-state index contributed by atoms with van der Waals surface area (Å²) in [5.41, 5.74) is 0.687. The smallest absolute Gasteiger partial charge is 0.275 e. The average molecular weight is 310 g/mol. The van der Waals surface area contributed by atoms with Crippen LogP contribution in [0.4, 0.5) is 0 Å². The van der Waals surface area contributed by atoms with Crippen LogP contribution in [-0.2, 0) is 6.54 Å². The van der Waals surface area contributed by atoms with E-state index in [-0.39, 0.29) is 11.3 Å². The molecule has 1 aromatic heterocycles. The van der Waals surface area contributed by atoms with Crippen LogP contribution in [0.5, 0.6) is 5.75 Å². The van der Waals surface area contributed by atoms with Gasteiger partial charge in [0, 0.05) is 17.1 Å². The van der Waals surface area contributed by atoms with Gasteiger partial charge in [-0.25, -0.2) is 0 Å². The number of halogens is 1. The van der Waals surface area contributed by atoms with E-state index in [9.17, 15) is 9.90 Å². The second-order valence-corrected chi connectivity index (χ2v) is 4.56. The molecule has 18 heavy (non-hydrogen) atoms. The van der Waals surface area contributed by atoms with Crippen LogP contribution in [0.3, 0.4) is 0 Å². The zero-order valence-electron chi connectivity index (χ0n) is 9.72. The van der Waals surface area contributed by atoms with Crippen molar-refractivity contribution in [1.29, 1.82) is 0 Å². The lowest BCUT2D eigenvalue weighted by molar-refractivity contribution is 0.453. The highest BCUT2D eigenvalue weighted by molar-refractivity contribution is 9.10. The molecular formula is C12H12BrN3O2. The van der Waals surface area contributed by atoms with E-state index in [1.165, 1.54) is 10.7 Å². The molecule has 0 aliphatic carbocycles. The number of rotatable bonds is 3. The van der Waals surface area contributed by atoms with Gasteiger partial charge in [-0.15, -0.1) is 0 Å². The van der Waals surface area contributed by atoms with Crippen molar-refractivity contribution in [3.63, 3.8) is 0 Å². The molecule has 94 valence electrons. The van der Waals surface area contributed by atoms with Crippen molar-refractivity contribution < 1.29 is 5.11 Å². The Hall–Kier alpha value is -1.66. The van der Waals surface area contributed by atoms with Crippen LogP contribution in [-0.4, -0.2) is 21.9 Å². The first kappa shape index (κ1) is 12.8. The molecule has 0 unspecified atom stereocenters. The second kappa shape index (κ2) is 5.32. The molecule has 0 saturated carbocycles. The summed E-state index contributed by atoms with van der Waals surface area (Å²) in [6, 6.07) is 8.44. The van der Waals surface area contributed by atoms with E-state index in [0.717, 1.165) is 4.47 Å². The lowest BCUT2D eigenvalue weighted by atomic mass is 10.3. The number of hydrogen-bond donors (Lipinski definition) is 2. The van der Waals surface area contributed by atoms with Gasteiger partial charge < -0.3 is 10.4 Å². The number of nitrogens with zero attached hydrogens (tertiary/aromatic N) is 2. The van der Waals surface area contributed by atoms with Crippen LogP contribution in [0.15, 0.2) is 39.6 Å². The fourth-order valence-corrected chi connectivity index (χ4v) is 2.02. The largest absolute Gasteiger partial charge is 0.506 e. The van der Waals surface area contributed by atoms with Gasteiger partial charge in [-0.2, -0.15) is 9.78 Å². The third-order valence-electron chi connectivity index (χ3n) is 2.41. The zero-order valence-corrected chi connectivity index (χ0v) is 11.3. The Morgan fingerprint density at radius 3 is 2.83 bits per heavy atom. The van der Waals surface area contributed by atoms with Gasteiger partial charge in [0.25, 0.3) is 5.56 Å². The highest BCUT2D eigenvalue weighted by atomic mass is 79.9. The standard InChI is InChI=1S/C12H12BrN3O2/c1-14-7-9-11(17)6-12(18)16(15-9)10-5-3-2-4-8(10)13/h2-6,14,17H,7H2,1H3. The highest BCUT2D eigenvalue weighted by Crippen LogP contribution is 2.19. The molecule has 0 atom stereocenters. The van der Waals surface area contributed by atoms with E-state index in [2.05, 4.69) is 26.3 Å². The van der Waals surface area contributed by atoms with Crippen LogP contribution >= 0.6 is 15.9 Å². The number of aromatic hydroxyl groups is 1. The Morgan fingerprint density at radius 2 is 2.17 bits per heavy atom. The molecule has 1 heterocycles. The van der Waals surface area contributed by atoms with Crippen molar-refractivity contribution in [1.82, 2.24) is 15.1 Å². The summed E-state index contributed by atoms with van der Waals surface area (Å²) in [7, 11) is 1.75. The molecule has 0 spiro atoms. The van der Waals surface area contributed by atoms with Gasteiger partial charge in [0.05, 0.1) is 5.69 Å². The molecule has 6 heteroatoms. The van der Waals surface area contributed by atoms with E-state index in [1.807, 2.05) is 18.2 Å². The molecule has 1 aromatic carbocycles. The number of aromatic nitrogens is 2. The number of para-hydroxylation sites is 1. The van der Waals surface area contributed by atoms with Crippen LogP contribution in [0.2, 0.25) is 0 Å². The first-order valence-electron chi connectivity index (χ1n) is 5.35. The molecular weight excluding hydrogens is 298 g/mol. The van der Waals surface area contributed by atoms with E-state index in [1.54, 1.807) is 13.1 Å². The molecule has 0 aliphatic rings. The molecule has 2 N–H and O–H groups in total. The van der Waals surface area contributed by atoms with Gasteiger partial charge in [-0.05, 0) is 35.1 Å². The third-order valence-corrected chi connectivity index (χ3v) is 3.08. The molecule has 0 saturated heterocycles. The van der Waals surface area contributed by atoms with E-state index in [0.29, 0.717) is 17.9 Å². The summed E-state index contributed by atoms with van der Waals surface area (Å²) in [5, 5.41) is 16.7. The molecule has 5 nitrogen and oxygen atoms in total. The maximum absolute atomic E-state index is 11.8. The van der Waals surface area contributed by atoms with Crippen LogP contribution in [0.1, 0.15) is 5.69 Å². The van der Waals surface area contributed by atoms with Crippen molar-refractivity contribution in [3.05, 3.63) is 50.9 Å². The third kappa shape index (κ3) is 2.44. The minimum atomic E-state index is -0.376. The Kier molecular flexibility index (Phi) is 3.78. The summed E-state index contributed by atoms with van der Waals surface area (Å²) in [6.45, 7) is 0.385.